The van der Waals surface area contributed by atoms with Gasteiger partial charge in [0.25, 0.3) is 0 Å². The van der Waals surface area contributed by atoms with Gasteiger partial charge in [0.15, 0.2) is 0 Å². The van der Waals surface area contributed by atoms with E-state index in [9.17, 15) is 13.2 Å². The monoisotopic (exact) mass is 306 g/mol. The van der Waals surface area contributed by atoms with Crippen molar-refractivity contribution >= 4 is 0 Å². The summed E-state index contributed by atoms with van der Waals surface area (Å²) in [5, 5.41) is 3.02. The first kappa shape index (κ1) is 17.6. The molecule has 0 aliphatic carbocycles. The van der Waals surface area contributed by atoms with Crippen LogP contribution in [0.15, 0.2) is 18.2 Å². The van der Waals surface area contributed by atoms with Gasteiger partial charge in [-0.25, -0.2) is 0 Å². The number of nitrogens with zero attached hydrogens (tertiary/aromatic N) is 1. The van der Waals surface area contributed by atoms with E-state index >= 15 is 0 Å². The van der Waals surface area contributed by atoms with Crippen molar-refractivity contribution in [3.63, 3.8) is 0 Å². The standard InChI is InChI=1S/C14H21F3N2O2/c1-18-12(8-19(2)9-14(15,16)17)11-6-5-10(20-3)7-13(11)21-4/h5-7,12,18H,8-9H2,1-4H3. The van der Waals surface area contributed by atoms with Gasteiger partial charge in [-0.1, -0.05) is 6.07 Å². The van der Waals surface area contributed by atoms with E-state index in [0.29, 0.717) is 11.5 Å². The highest BCUT2D eigenvalue weighted by molar-refractivity contribution is 5.42. The van der Waals surface area contributed by atoms with Gasteiger partial charge in [-0.3, -0.25) is 4.90 Å². The molecule has 0 aliphatic rings. The third-order valence-corrected chi connectivity index (χ3v) is 3.11. The molecule has 0 heterocycles. The molecule has 0 aromatic heterocycles. The van der Waals surface area contributed by atoms with E-state index in [1.807, 2.05) is 0 Å². The summed E-state index contributed by atoms with van der Waals surface area (Å²) in [7, 11) is 6.20. The first-order valence-corrected chi connectivity index (χ1v) is 6.45. The van der Waals surface area contributed by atoms with Crippen LogP contribution in [0.2, 0.25) is 0 Å². The summed E-state index contributed by atoms with van der Waals surface area (Å²) in [6, 6.07) is 4.98. The van der Waals surface area contributed by atoms with Crippen LogP contribution in [0.5, 0.6) is 11.5 Å². The second-order valence-electron chi connectivity index (χ2n) is 4.76. The van der Waals surface area contributed by atoms with E-state index in [1.165, 1.54) is 19.1 Å². The van der Waals surface area contributed by atoms with Crippen molar-refractivity contribution in [3.05, 3.63) is 23.8 Å². The van der Waals surface area contributed by atoms with Crippen molar-refractivity contribution < 1.29 is 22.6 Å². The fourth-order valence-corrected chi connectivity index (χ4v) is 2.13. The van der Waals surface area contributed by atoms with E-state index in [1.54, 1.807) is 32.4 Å². The lowest BCUT2D eigenvalue weighted by Crippen LogP contribution is -2.37. The largest absolute Gasteiger partial charge is 0.497 e. The lowest BCUT2D eigenvalue weighted by Gasteiger charge is -2.26. The predicted molar refractivity (Wildman–Crippen MR) is 74.9 cm³/mol. The number of rotatable bonds is 7. The molecule has 120 valence electrons. The summed E-state index contributed by atoms with van der Waals surface area (Å²) < 4.78 is 47.6. The molecule has 1 aromatic carbocycles. The van der Waals surface area contributed by atoms with Gasteiger partial charge in [0.1, 0.15) is 11.5 Å². The number of halogens is 3. The molecule has 1 aromatic rings. The molecule has 1 unspecified atom stereocenters. The minimum Gasteiger partial charge on any atom is -0.497 e. The zero-order valence-corrected chi connectivity index (χ0v) is 12.6. The van der Waals surface area contributed by atoms with E-state index in [4.69, 9.17) is 9.47 Å². The van der Waals surface area contributed by atoms with E-state index in [-0.39, 0.29) is 12.6 Å². The molecule has 1 atom stereocenters. The van der Waals surface area contributed by atoms with Gasteiger partial charge >= 0.3 is 6.18 Å². The molecule has 1 N–H and O–H groups in total. The van der Waals surface area contributed by atoms with Gasteiger partial charge in [0.05, 0.1) is 20.8 Å². The molecule has 0 aliphatic heterocycles. The highest BCUT2D eigenvalue weighted by atomic mass is 19.4. The molecule has 0 amide bonds. The number of benzene rings is 1. The fourth-order valence-electron chi connectivity index (χ4n) is 2.13. The molecule has 7 heteroatoms. The smallest absolute Gasteiger partial charge is 0.401 e. The third-order valence-electron chi connectivity index (χ3n) is 3.11. The summed E-state index contributed by atoms with van der Waals surface area (Å²) >= 11 is 0. The van der Waals surface area contributed by atoms with Gasteiger partial charge in [0.2, 0.25) is 0 Å². The van der Waals surface area contributed by atoms with Crippen molar-refractivity contribution in [2.75, 3.05) is 41.4 Å². The Balaban J connectivity index is 2.89. The van der Waals surface area contributed by atoms with Crippen LogP contribution >= 0.6 is 0 Å². The molecule has 0 saturated heterocycles. The summed E-state index contributed by atoms with van der Waals surface area (Å²) in [6.45, 7) is -0.748. The summed E-state index contributed by atoms with van der Waals surface area (Å²) in [4.78, 5) is 1.23. The first-order chi connectivity index (χ1) is 9.80. The Morgan fingerprint density at radius 2 is 1.90 bits per heavy atom. The van der Waals surface area contributed by atoms with Crippen LogP contribution in [0.3, 0.4) is 0 Å². The summed E-state index contributed by atoms with van der Waals surface area (Å²) in [5.74, 6) is 1.21. The van der Waals surface area contributed by atoms with Crippen molar-refractivity contribution in [2.24, 2.45) is 0 Å². The maximum atomic E-state index is 12.4. The van der Waals surface area contributed by atoms with E-state index in [0.717, 1.165) is 5.56 Å². The average Bonchev–Trinajstić information content (AvgIpc) is 2.42. The molecular formula is C14H21F3N2O2. The Labute approximate surface area is 122 Å². The maximum absolute atomic E-state index is 12.4. The van der Waals surface area contributed by atoms with Crippen LogP contribution in [-0.4, -0.2) is 52.5 Å². The lowest BCUT2D eigenvalue weighted by molar-refractivity contribution is -0.143. The number of likely N-dealkylation sites (N-methyl/N-ethyl adjacent to an activating group) is 2. The third kappa shape index (κ3) is 5.43. The second-order valence-corrected chi connectivity index (χ2v) is 4.76. The Morgan fingerprint density at radius 1 is 1.24 bits per heavy atom. The van der Waals surface area contributed by atoms with Gasteiger partial charge in [-0.05, 0) is 20.2 Å². The fraction of sp³-hybridized carbons (Fsp3) is 0.571. The average molecular weight is 306 g/mol. The van der Waals surface area contributed by atoms with Crippen LogP contribution in [0.25, 0.3) is 0 Å². The number of ether oxygens (including phenoxy) is 2. The van der Waals surface area contributed by atoms with E-state index < -0.39 is 12.7 Å². The molecule has 4 nitrogen and oxygen atoms in total. The molecule has 0 radical (unpaired) electrons. The number of hydrogen-bond donors (Lipinski definition) is 1. The maximum Gasteiger partial charge on any atom is 0.401 e. The van der Waals surface area contributed by atoms with Gasteiger partial charge in [-0.15, -0.1) is 0 Å². The van der Waals surface area contributed by atoms with Gasteiger partial charge < -0.3 is 14.8 Å². The van der Waals surface area contributed by atoms with Crippen LogP contribution in [0, 0.1) is 0 Å². The number of nitrogens with one attached hydrogen (secondary N) is 1. The Morgan fingerprint density at radius 3 is 2.38 bits per heavy atom. The van der Waals surface area contributed by atoms with Crippen LogP contribution in [-0.2, 0) is 0 Å². The SMILES string of the molecule is CNC(CN(C)CC(F)(F)F)c1ccc(OC)cc1OC. The molecule has 0 spiro atoms. The quantitative estimate of drug-likeness (QED) is 0.839. The first-order valence-electron chi connectivity index (χ1n) is 6.45. The van der Waals surface area contributed by atoms with Crippen LogP contribution < -0.4 is 14.8 Å². The second kappa shape index (κ2) is 7.51. The molecular weight excluding hydrogens is 285 g/mol. The molecule has 21 heavy (non-hydrogen) atoms. The van der Waals surface area contributed by atoms with Crippen LogP contribution in [0.1, 0.15) is 11.6 Å². The minimum absolute atomic E-state index is 0.207. The highest BCUT2D eigenvalue weighted by Crippen LogP contribution is 2.30. The highest BCUT2D eigenvalue weighted by Gasteiger charge is 2.30. The zero-order valence-electron chi connectivity index (χ0n) is 12.6. The summed E-state index contributed by atoms with van der Waals surface area (Å²) in [6.07, 6.45) is -4.21. The number of methoxy groups -OCH3 is 2. The van der Waals surface area contributed by atoms with Crippen molar-refractivity contribution in [1.29, 1.82) is 0 Å². The number of hydrogen-bond acceptors (Lipinski definition) is 4. The normalized spacial score (nSPS) is 13.3. The molecule has 0 bridgehead atoms. The Hall–Kier alpha value is -1.47. The molecule has 0 fully saturated rings. The summed E-state index contributed by atoms with van der Waals surface area (Å²) in [5.41, 5.74) is 0.787. The van der Waals surface area contributed by atoms with Crippen LogP contribution in [0.4, 0.5) is 13.2 Å². The minimum atomic E-state index is -4.21. The van der Waals surface area contributed by atoms with E-state index in [2.05, 4.69) is 5.32 Å². The molecule has 1 rings (SSSR count). The number of alkyl halides is 3. The topological polar surface area (TPSA) is 33.7 Å². The van der Waals surface area contributed by atoms with Gasteiger partial charge in [0, 0.05) is 24.2 Å². The predicted octanol–water partition coefficient (Wildman–Crippen LogP) is 2.46. The van der Waals surface area contributed by atoms with Crippen molar-refractivity contribution in [1.82, 2.24) is 10.2 Å². The van der Waals surface area contributed by atoms with Crippen molar-refractivity contribution in [3.8, 4) is 11.5 Å². The molecule has 0 saturated carbocycles. The zero-order chi connectivity index (χ0) is 16.0. The Bertz CT molecular complexity index is 452. The van der Waals surface area contributed by atoms with Gasteiger partial charge in [-0.2, -0.15) is 13.2 Å². The Kier molecular flexibility index (Phi) is 6.29. The van der Waals surface area contributed by atoms with Crippen molar-refractivity contribution in [2.45, 2.75) is 12.2 Å². The lowest BCUT2D eigenvalue weighted by atomic mass is 10.0.